The molecule has 0 spiro atoms. The van der Waals surface area contributed by atoms with E-state index < -0.39 is 0 Å². The lowest BCUT2D eigenvalue weighted by molar-refractivity contribution is -0.113. The van der Waals surface area contributed by atoms with Gasteiger partial charge in [-0.1, -0.05) is 78.6 Å². The number of aryl methyl sites for hydroxylation is 2. The van der Waals surface area contributed by atoms with Crippen LogP contribution < -0.4 is 4.90 Å². The summed E-state index contributed by atoms with van der Waals surface area (Å²) in [4.78, 5) is 15.3. The molecule has 0 radical (unpaired) electrons. The standard InChI is InChI=1S/C21H19NOS2/c1-14(12-17-10-5-4-6-11-17)13-18-20(23)22(21(24)25-18)19-15(2)8-7-9-16(19)3/h4-13H,1-3H3/b14-12+,18-13-. The zero-order valence-corrected chi connectivity index (χ0v) is 16.1. The number of thioether (sulfide) groups is 1. The lowest BCUT2D eigenvalue weighted by atomic mass is 10.1. The first kappa shape index (κ1) is 17.6. The fourth-order valence-electron chi connectivity index (χ4n) is 2.88. The number of carbonyl (C=O) groups excluding carboxylic acids is 1. The van der Waals surface area contributed by atoms with E-state index in [1.165, 1.54) is 11.8 Å². The predicted molar refractivity (Wildman–Crippen MR) is 112 cm³/mol. The first-order valence-electron chi connectivity index (χ1n) is 8.05. The molecule has 4 heteroatoms. The minimum absolute atomic E-state index is 0.0480. The molecule has 0 bridgehead atoms. The molecule has 1 amide bonds. The van der Waals surface area contributed by atoms with Gasteiger partial charge < -0.3 is 0 Å². The Morgan fingerprint density at radius 1 is 1.04 bits per heavy atom. The molecule has 1 fully saturated rings. The number of para-hydroxylation sites is 1. The number of carbonyl (C=O) groups is 1. The third-order valence-electron chi connectivity index (χ3n) is 4.01. The molecule has 1 saturated heterocycles. The third-order valence-corrected chi connectivity index (χ3v) is 5.31. The Labute approximate surface area is 158 Å². The van der Waals surface area contributed by atoms with Crippen LogP contribution in [0.3, 0.4) is 0 Å². The predicted octanol–water partition coefficient (Wildman–Crippen LogP) is 5.66. The molecule has 2 aromatic carbocycles. The molecule has 3 rings (SSSR count). The Kier molecular flexibility index (Phi) is 5.21. The zero-order chi connectivity index (χ0) is 18.0. The minimum atomic E-state index is -0.0480. The maximum atomic E-state index is 12.9. The molecular weight excluding hydrogens is 346 g/mol. The van der Waals surface area contributed by atoms with Crippen molar-refractivity contribution in [1.82, 2.24) is 0 Å². The fraction of sp³-hybridized carbons (Fsp3) is 0.143. The van der Waals surface area contributed by atoms with Gasteiger partial charge in [-0.15, -0.1) is 0 Å². The van der Waals surface area contributed by atoms with Crippen LogP contribution in [0.15, 0.2) is 65.1 Å². The van der Waals surface area contributed by atoms with E-state index in [1.54, 1.807) is 4.90 Å². The van der Waals surface area contributed by atoms with Crippen LogP contribution in [0.25, 0.3) is 6.08 Å². The summed E-state index contributed by atoms with van der Waals surface area (Å²) in [6.45, 7) is 6.01. The van der Waals surface area contributed by atoms with Crippen LogP contribution in [0.1, 0.15) is 23.6 Å². The van der Waals surface area contributed by atoms with Crippen LogP contribution in [0, 0.1) is 13.8 Å². The highest BCUT2D eigenvalue weighted by molar-refractivity contribution is 8.27. The van der Waals surface area contributed by atoms with E-state index in [0.29, 0.717) is 9.23 Å². The van der Waals surface area contributed by atoms with Gasteiger partial charge in [0, 0.05) is 0 Å². The molecule has 1 heterocycles. The molecule has 0 unspecified atom stereocenters. The summed E-state index contributed by atoms with van der Waals surface area (Å²) in [7, 11) is 0. The van der Waals surface area contributed by atoms with Gasteiger partial charge in [0.25, 0.3) is 5.91 Å². The van der Waals surface area contributed by atoms with Crippen LogP contribution in [0.5, 0.6) is 0 Å². The molecule has 0 atom stereocenters. The van der Waals surface area contributed by atoms with Gasteiger partial charge in [-0.3, -0.25) is 9.69 Å². The van der Waals surface area contributed by atoms with Crippen LogP contribution in [0.2, 0.25) is 0 Å². The fourth-order valence-corrected chi connectivity index (χ4v) is 4.20. The van der Waals surface area contributed by atoms with E-state index in [0.717, 1.165) is 28.0 Å². The number of nitrogens with zero attached hydrogens (tertiary/aromatic N) is 1. The molecule has 0 N–H and O–H groups in total. The number of thiocarbonyl (C=S) groups is 1. The normalized spacial score (nSPS) is 16.8. The highest BCUT2D eigenvalue weighted by Gasteiger charge is 2.34. The number of hydrogen-bond donors (Lipinski definition) is 0. The van der Waals surface area contributed by atoms with E-state index in [4.69, 9.17) is 12.2 Å². The van der Waals surface area contributed by atoms with Crippen LogP contribution >= 0.6 is 24.0 Å². The van der Waals surface area contributed by atoms with Gasteiger partial charge in [-0.2, -0.15) is 0 Å². The summed E-state index contributed by atoms with van der Waals surface area (Å²) >= 11 is 6.85. The number of amides is 1. The summed E-state index contributed by atoms with van der Waals surface area (Å²) in [5, 5.41) is 0. The smallest absolute Gasteiger partial charge is 0.268 e. The maximum absolute atomic E-state index is 12.9. The van der Waals surface area contributed by atoms with Crippen molar-refractivity contribution in [3.8, 4) is 0 Å². The Bertz CT molecular complexity index is 877. The van der Waals surface area contributed by atoms with Gasteiger partial charge in [0.2, 0.25) is 0 Å². The monoisotopic (exact) mass is 365 g/mol. The van der Waals surface area contributed by atoms with Gasteiger partial charge in [-0.05, 0) is 49.1 Å². The van der Waals surface area contributed by atoms with Crippen LogP contribution in [0.4, 0.5) is 5.69 Å². The van der Waals surface area contributed by atoms with Gasteiger partial charge in [0.15, 0.2) is 4.32 Å². The summed E-state index contributed by atoms with van der Waals surface area (Å²) in [5.74, 6) is -0.0480. The van der Waals surface area contributed by atoms with Gasteiger partial charge in [-0.25, -0.2) is 0 Å². The molecular formula is C21H19NOS2. The van der Waals surface area contributed by atoms with Crippen molar-refractivity contribution in [2.24, 2.45) is 0 Å². The number of hydrogen-bond acceptors (Lipinski definition) is 3. The van der Waals surface area contributed by atoms with E-state index in [-0.39, 0.29) is 5.91 Å². The average molecular weight is 366 g/mol. The highest BCUT2D eigenvalue weighted by atomic mass is 32.2. The third kappa shape index (κ3) is 3.75. The lowest BCUT2D eigenvalue weighted by Crippen LogP contribution is -2.29. The van der Waals surface area contributed by atoms with Crippen LogP contribution in [-0.2, 0) is 4.79 Å². The number of benzene rings is 2. The van der Waals surface area contributed by atoms with Gasteiger partial charge in [0.05, 0.1) is 10.6 Å². The molecule has 0 saturated carbocycles. The number of rotatable bonds is 3. The first-order valence-corrected chi connectivity index (χ1v) is 9.27. The SMILES string of the molecule is CC(/C=C1\SC(=S)N(c2c(C)cccc2C)C1=O)=C\c1ccccc1. The second-order valence-corrected chi connectivity index (χ2v) is 7.73. The van der Waals surface area contributed by atoms with Crippen molar-refractivity contribution in [1.29, 1.82) is 0 Å². The topological polar surface area (TPSA) is 20.3 Å². The quantitative estimate of drug-likeness (QED) is 0.517. The van der Waals surface area contributed by atoms with Crippen molar-refractivity contribution in [2.75, 3.05) is 4.90 Å². The Morgan fingerprint density at radius 3 is 2.32 bits per heavy atom. The first-order chi connectivity index (χ1) is 12.0. The van der Waals surface area contributed by atoms with Gasteiger partial charge in [0.1, 0.15) is 0 Å². The molecule has 0 aliphatic carbocycles. The molecule has 2 nitrogen and oxygen atoms in total. The maximum Gasteiger partial charge on any atom is 0.270 e. The minimum Gasteiger partial charge on any atom is -0.268 e. The highest BCUT2D eigenvalue weighted by Crippen LogP contribution is 2.38. The molecule has 1 aliphatic rings. The summed E-state index contributed by atoms with van der Waals surface area (Å²) in [5.41, 5.74) is 5.14. The van der Waals surface area contributed by atoms with Crippen molar-refractivity contribution >= 4 is 46.0 Å². The van der Waals surface area contributed by atoms with Crippen molar-refractivity contribution < 1.29 is 4.79 Å². The summed E-state index contributed by atoms with van der Waals surface area (Å²) < 4.78 is 0.584. The summed E-state index contributed by atoms with van der Waals surface area (Å²) in [6, 6.07) is 16.1. The van der Waals surface area contributed by atoms with Crippen molar-refractivity contribution in [3.63, 3.8) is 0 Å². The molecule has 0 aromatic heterocycles. The van der Waals surface area contributed by atoms with Crippen molar-refractivity contribution in [2.45, 2.75) is 20.8 Å². The molecule has 2 aromatic rings. The van der Waals surface area contributed by atoms with Gasteiger partial charge >= 0.3 is 0 Å². The van der Waals surface area contributed by atoms with E-state index in [1.807, 2.05) is 75.4 Å². The zero-order valence-electron chi connectivity index (χ0n) is 14.4. The second-order valence-electron chi connectivity index (χ2n) is 6.06. The molecule has 1 aliphatic heterocycles. The van der Waals surface area contributed by atoms with Crippen molar-refractivity contribution in [3.05, 3.63) is 81.8 Å². The van der Waals surface area contributed by atoms with E-state index >= 15 is 0 Å². The summed E-state index contributed by atoms with van der Waals surface area (Å²) in [6.07, 6.45) is 3.98. The van der Waals surface area contributed by atoms with E-state index in [9.17, 15) is 4.79 Å². The Morgan fingerprint density at radius 2 is 1.68 bits per heavy atom. The van der Waals surface area contributed by atoms with E-state index in [2.05, 4.69) is 6.08 Å². The number of allylic oxidation sites excluding steroid dienone is 2. The Balaban J connectivity index is 1.93. The number of anilines is 1. The Hall–Kier alpha value is -2.17. The second kappa shape index (κ2) is 7.38. The molecule has 126 valence electrons. The largest absolute Gasteiger partial charge is 0.270 e. The average Bonchev–Trinajstić information content (AvgIpc) is 2.83. The lowest BCUT2D eigenvalue weighted by Gasteiger charge is -2.19. The molecule has 25 heavy (non-hydrogen) atoms. The van der Waals surface area contributed by atoms with Crippen LogP contribution in [-0.4, -0.2) is 10.2 Å².